The zero-order valence-corrected chi connectivity index (χ0v) is 10.7. The largest absolute Gasteiger partial charge is 0.330 e. The van der Waals surface area contributed by atoms with Crippen molar-refractivity contribution in [3.05, 3.63) is 0 Å². The minimum Gasteiger partial charge on any atom is -0.330 e. The van der Waals surface area contributed by atoms with Crippen molar-refractivity contribution in [3.8, 4) is 0 Å². The summed E-state index contributed by atoms with van der Waals surface area (Å²) in [4.78, 5) is 2.64. The summed E-state index contributed by atoms with van der Waals surface area (Å²) in [6.45, 7) is 10.3. The summed E-state index contributed by atoms with van der Waals surface area (Å²) >= 11 is 0. The van der Waals surface area contributed by atoms with E-state index in [1.165, 1.54) is 38.8 Å². The van der Waals surface area contributed by atoms with Crippen LogP contribution in [0.5, 0.6) is 0 Å². The van der Waals surface area contributed by atoms with Gasteiger partial charge in [-0.05, 0) is 51.1 Å². The summed E-state index contributed by atoms with van der Waals surface area (Å²) in [5.74, 6) is 1.48. The van der Waals surface area contributed by atoms with Gasteiger partial charge in [0, 0.05) is 12.6 Å². The highest BCUT2D eigenvalue weighted by Gasteiger charge is 2.21. The first kappa shape index (κ1) is 13.0. The molecule has 90 valence electrons. The van der Waals surface area contributed by atoms with Crippen LogP contribution in [0.25, 0.3) is 0 Å². The summed E-state index contributed by atoms with van der Waals surface area (Å²) in [7, 11) is 0. The number of nitrogens with two attached hydrogens (primary N) is 1. The van der Waals surface area contributed by atoms with Gasteiger partial charge >= 0.3 is 0 Å². The summed E-state index contributed by atoms with van der Waals surface area (Å²) in [6, 6.07) is 0.778. The van der Waals surface area contributed by atoms with Crippen molar-refractivity contribution >= 4 is 0 Å². The number of nitrogens with zero attached hydrogens (tertiary/aromatic N) is 1. The minimum absolute atomic E-state index is 0.700. The quantitative estimate of drug-likeness (QED) is 0.758. The summed E-state index contributed by atoms with van der Waals surface area (Å²) in [6.07, 6.45) is 5.44. The van der Waals surface area contributed by atoms with Crippen molar-refractivity contribution in [1.29, 1.82) is 0 Å². The molecule has 2 atom stereocenters. The van der Waals surface area contributed by atoms with Crippen LogP contribution in [-0.4, -0.2) is 30.6 Å². The van der Waals surface area contributed by atoms with Gasteiger partial charge in [-0.25, -0.2) is 0 Å². The normalized spacial score (nSPS) is 25.8. The van der Waals surface area contributed by atoms with E-state index in [0.29, 0.717) is 5.92 Å². The Morgan fingerprint density at radius 3 is 2.60 bits per heavy atom. The van der Waals surface area contributed by atoms with Crippen molar-refractivity contribution in [2.24, 2.45) is 17.6 Å². The van der Waals surface area contributed by atoms with Crippen molar-refractivity contribution in [3.63, 3.8) is 0 Å². The van der Waals surface area contributed by atoms with Gasteiger partial charge in [-0.2, -0.15) is 0 Å². The van der Waals surface area contributed by atoms with Gasteiger partial charge in [-0.3, -0.25) is 0 Å². The number of rotatable bonds is 5. The van der Waals surface area contributed by atoms with E-state index in [1.807, 2.05) is 0 Å². The molecule has 1 aliphatic rings. The van der Waals surface area contributed by atoms with Gasteiger partial charge in [0.2, 0.25) is 0 Å². The number of hydrogen-bond acceptors (Lipinski definition) is 2. The zero-order valence-electron chi connectivity index (χ0n) is 10.7. The highest BCUT2D eigenvalue weighted by Crippen LogP contribution is 2.20. The standard InChI is InChI=1S/C13H28N2/c1-11(2)8-13(9-14)10-15-7-5-4-6-12(15)3/h11-13H,4-10,14H2,1-3H3. The molecule has 0 aromatic heterocycles. The number of hydrogen-bond donors (Lipinski definition) is 1. The maximum atomic E-state index is 5.86. The Balaban J connectivity index is 2.35. The first-order chi connectivity index (χ1) is 7.13. The molecule has 1 heterocycles. The van der Waals surface area contributed by atoms with Crippen LogP contribution < -0.4 is 5.73 Å². The predicted octanol–water partition coefficient (Wildman–Crippen LogP) is 2.48. The van der Waals surface area contributed by atoms with Gasteiger partial charge in [0.25, 0.3) is 0 Å². The van der Waals surface area contributed by atoms with Gasteiger partial charge in [-0.1, -0.05) is 20.3 Å². The topological polar surface area (TPSA) is 29.3 Å². The summed E-state index contributed by atoms with van der Waals surface area (Å²) in [5, 5.41) is 0. The average Bonchev–Trinajstić information content (AvgIpc) is 2.19. The maximum Gasteiger partial charge on any atom is 0.00670 e. The highest BCUT2D eigenvalue weighted by molar-refractivity contribution is 4.76. The van der Waals surface area contributed by atoms with E-state index in [4.69, 9.17) is 5.73 Å². The molecule has 2 unspecified atom stereocenters. The van der Waals surface area contributed by atoms with Crippen LogP contribution in [0.4, 0.5) is 0 Å². The third kappa shape index (κ3) is 4.52. The van der Waals surface area contributed by atoms with Gasteiger partial charge in [0.1, 0.15) is 0 Å². The number of likely N-dealkylation sites (tertiary alicyclic amines) is 1. The Bertz CT molecular complexity index is 168. The lowest BCUT2D eigenvalue weighted by Crippen LogP contribution is -2.42. The first-order valence-corrected chi connectivity index (χ1v) is 6.57. The fraction of sp³-hybridized carbons (Fsp3) is 1.00. The lowest BCUT2D eigenvalue weighted by Gasteiger charge is -2.36. The minimum atomic E-state index is 0.700. The second-order valence-electron chi connectivity index (χ2n) is 5.57. The van der Waals surface area contributed by atoms with Crippen LogP contribution >= 0.6 is 0 Å². The van der Waals surface area contributed by atoms with Crippen LogP contribution in [-0.2, 0) is 0 Å². The number of piperidine rings is 1. The molecule has 1 fully saturated rings. The van der Waals surface area contributed by atoms with Gasteiger partial charge in [0.05, 0.1) is 0 Å². The lowest BCUT2D eigenvalue weighted by molar-refractivity contribution is 0.131. The Morgan fingerprint density at radius 2 is 2.07 bits per heavy atom. The van der Waals surface area contributed by atoms with Crippen LogP contribution in [0.1, 0.15) is 46.5 Å². The Kier molecular flexibility index (Phi) is 5.62. The monoisotopic (exact) mass is 212 g/mol. The fourth-order valence-corrected chi connectivity index (χ4v) is 2.67. The van der Waals surface area contributed by atoms with Gasteiger partial charge in [-0.15, -0.1) is 0 Å². The van der Waals surface area contributed by atoms with Crippen LogP contribution in [0.2, 0.25) is 0 Å². The van der Waals surface area contributed by atoms with E-state index in [1.54, 1.807) is 0 Å². The third-order valence-corrected chi connectivity index (χ3v) is 3.57. The zero-order chi connectivity index (χ0) is 11.3. The Labute approximate surface area is 95.2 Å². The first-order valence-electron chi connectivity index (χ1n) is 6.57. The SMILES string of the molecule is CC(C)CC(CN)CN1CCCCC1C. The van der Waals surface area contributed by atoms with Gasteiger partial charge < -0.3 is 10.6 Å². The third-order valence-electron chi connectivity index (χ3n) is 3.57. The maximum absolute atomic E-state index is 5.86. The molecule has 1 aliphatic heterocycles. The fourth-order valence-electron chi connectivity index (χ4n) is 2.67. The molecule has 2 N–H and O–H groups in total. The second kappa shape index (κ2) is 6.49. The lowest BCUT2D eigenvalue weighted by atomic mass is 9.94. The molecule has 0 amide bonds. The average molecular weight is 212 g/mol. The predicted molar refractivity (Wildman–Crippen MR) is 66.9 cm³/mol. The van der Waals surface area contributed by atoms with Crippen molar-refractivity contribution in [1.82, 2.24) is 4.90 Å². The summed E-state index contributed by atoms with van der Waals surface area (Å²) in [5.41, 5.74) is 5.86. The van der Waals surface area contributed by atoms with E-state index in [0.717, 1.165) is 18.5 Å². The molecule has 0 bridgehead atoms. The second-order valence-corrected chi connectivity index (χ2v) is 5.57. The molecule has 0 aliphatic carbocycles. The van der Waals surface area contributed by atoms with Crippen LogP contribution in [0.3, 0.4) is 0 Å². The molecule has 0 aromatic rings. The molecular formula is C13H28N2. The van der Waals surface area contributed by atoms with E-state index in [9.17, 15) is 0 Å². The molecule has 0 aromatic carbocycles. The molecule has 1 saturated heterocycles. The summed E-state index contributed by atoms with van der Waals surface area (Å²) < 4.78 is 0. The highest BCUT2D eigenvalue weighted by atomic mass is 15.2. The molecule has 2 nitrogen and oxygen atoms in total. The van der Waals surface area contributed by atoms with Crippen molar-refractivity contribution in [2.45, 2.75) is 52.5 Å². The molecular weight excluding hydrogens is 184 g/mol. The smallest absolute Gasteiger partial charge is 0.00670 e. The van der Waals surface area contributed by atoms with E-state index in [2.05, 4.69) is 25.7 Å². The van der Waals surface area contributed by atoms with Crippen LogP contribution in [0.15, 0.2) is 0 Å². The molecule has 0 radical (unpaired) electrons. The molecule has 15 heavy (non-hydrogen) atoms. The Hall–Kier alpha value is -0.0800. The molecule has 0 spiro atoms. The van der Waals surface area contributed by atoms with Gasteiger partial charge in [0.15, 0.2) is 0 Å². The van der Waals surface area contributed by atoms with E-state index >= 15 is 0 Å². The van der Waals surface area contributed by atoms with Crippen molar-refractivity contribution in [2.75, 3.05) is 19.6 Å². The van der Waals surface area contributed by atoms with E-state index in [-0.39, 0.29) is 0 Å². The molecule has 2 heteroatoms. The van der Waals surface area contributed by atoms with Crippen LogP contribution in [0, 0.1) is 11.8 Å². The van der Waals surface area contributed by atoms with Crippen molar-refractivity contribution < 1.29 is 0 Å². The Morgan fingerprint density at radius 1 is 1.33 bits per heavy atom. The molecule has 0 saturated carbocycles. The molecule has 1 rings (SSSR count). The van der Waals surface area contributed by atoms with E-state index < -0.39 is 0 Å².